The molecule has 1 aromatic rings. The zero-order valence-electron chi connectivity index (χ0n) is 11.3. The predicted octanol–water partition coefficient (Wildman–Crippen LogP) is 1.68. The highest BCUT2D eigenvalue weighted by Crippen LogP contribution is 2.11. The first-order valence-corrected chi connectivity index (χ1v) is 6.42. The zero-order chi connectivity index (χ0) is 14.3. The van der Waals surface area contributed by atoms with Crippen molar-refractivity contribution in [3.63, 3.8) is 0 Å². The van der Waals surface area contributed by atoms with Gasteiger partial charge in [-0.3, -0.25) is 0 Å². The Morgan fingerprint density at radius 1 is 1.32 bits per heavy atom. The first-order valence-electron chi connectivity index (χ1n) is 6.42. The summed E-state index contributed by atoms with van der Waals surface area (Å²) in [6, 6.07) is 5.94. The molecule has 1 rings (SSSR count). The van der Waals surface area contributed by atoms with E-state index in [1.54, 1.807) is 12.1 Å². The molecule has 1 unspecified atom stereocenters. The summed E-state index contributed by atoms with van der Waals surface area (Å²) in [5.74, 6) is -0.0107. The Morgan fingerprint density at radius 3 is 2.47 bits per heavy atom. The van der Waals surface area contributed by atoms with E-state index in [0.717, 1.165) is 5.56 Å². The number of benzene rings is 1. The Labute approximate surface area is 113 Å². The molecule has 0 aliphatic heterocycles. The van der Waals surface area contributed by atoms with Crippen LogP contribution < -0.4 is 10.6 Å². The van der Waals surface area contributed by atoms with Gasteiger partial charge < -0.3 is 15.7 Å². The maximum atomic E-state index is 12.8. The van der Waals surface area contributed by atoms with Crippen molar-refractivity contribution in [1.29, 1.82) is 0 Å². The van der Waals surface area contributed by atoms with Crippen molar-refractivity contribution in [1.82, 2.24) is 10.6 Å². The third-order valence-electron chi connectivity index (χ3n) is 2.89. The topological polar surface area (TPSA) is 61.4 Å². The maximum absolute atomic E-state index is 12.8. The molecular formula is C14H21FN2O2. The first-order chi connectivity index (χ1) is 9.02. The largest absolute Gasteiger partial charge is 0.395 e. The van der Waals surface area contributed by atoms with Gasteiger partial charge in [0.05, 0.1) is 6.61 Å². The Hall–Kier alpha value is -1.62. The number of hydrogen-bond acceptors (Lipinski definition) is 2. The van der Waals surface area contributed by atoms with Crippen molar-refractivity contribution in [2.24, 2.45) is 5.92 Å². The molecular weight excluding hydrogens is 247 g/mol. The number of hydrogen-bond donors (Lipinski definition) is 3. The van der Waals surface area contributed by atoms with Crippen molar-refractivity contribution in [2.75, 3.05) is 13.2 Å². The van der Waals surface area contributed by atoms with Crippen LogP contribution in [0, 0.1) is 11.7 Å². The molecule has 2 amide bonds. The van der Waals surface area contributed by atoms with Crippen molar-refractivity contribution in [2.45, 2.75) is 26.3 Å². The van der Waals surface area contributed by atoms with Gasteiger partial charge in [-0.25, -0.2) is 9.18 Å². The van der Waals surface area contributed by atoms with Crippen molar-refractivity contribution < 1.29 is 14.3 Å². The van der Waals surface area contributed by atoms with E-state index in [-0.39, 0.29) is 37.0 Å². The lowest BCUT2D eigenvalue weighted by Gasteiger charge is -2.22. The number of nitrogens with one attached hydrogen (secondary N) is 2. The molecule has 0 bridgehead atoms. The van der Waals surface area contributed by atoms with E-state index in [2.05, 4.69) is 10.6 Å². The standard InChI is InChI=1S/C14H21FN2O2/c1-10(2)13(17-14(19)16-7-8-18)9-11-3-5-12(15)6-4-11/h3-6,10,13,18H,7-9H2,1-2H3,(H2,16,17,19). The molecule has 0 aromatic heterocycles. The molecule has 0 saturated heterocycles. The van der Waals surface area contributed by atoms with Crippen LogP contribution in [0.25, 0.3) is 0 Å². The summed E-state index contributed by atoms with van der Waals surface area (Å²) in [7, 11) is 0. The minimum absolute atomic E-state index is 0.0378. The molecule has 1 aromatic carbocycles. The summed E-state index contributed by atoms with van der Waals surface area (Å²) in [5, 5.41) is 14.1. The van der Waals surface area contributed by atoms with E-state index in [1.807, 2.05) is 13.8 Å². The van der Waals surface area contributed by atoms with E-state index in [9.17, 15) is 9.18 Å². The highest BCUT2D eigenvalue weighted by molar-refractivity contribution is 5.74. The van der Waals surface area contributed by atoms with Gasteiger partial charge in [0.2, 0.25) is 0 Å². The minimum atomic E-state index is -0.296. The van der Waals surface area contributed by atoms with Crippen LogP contribution in [0.2, 0.25) is 0 Å². The smallest absolute Gasteiger partial charge is 0.315 e. The SMILES string of the molecule is CC(C)C(Cc1ccc(F)cc1)NC(=O)NCCO. The van der Waals surface area contributed by atoms with Crippen LogP contribution in [-0.4, -0.2) is 30.3 Å². The second kappa shape index (κ2) is 7.74. The average molecular weight is 268 g/mol. The third kappa shape index (κ3) is 5.70. The van der Waals surface area contributed by atoms with E-state index in [4.69, 9.17) is 5.11 Å². The Kier molecular flexibility index (Phi) is 6.29. The Morgan fingerprint density at radius 2 is 1.95 bits per heavy atom. The van der Waals surface area contributed by atoms with Crippen LogP contribution >= 0.6 is 0 Å². The Bertz CT molecular complexity index is 393. The molecule has 4 nitrogen and oxygen atoms in total. The number of carbonyl (C=O) groups is 1. The summed E-state index contributed by atoms with van der Waals surface area (Å²) >= 11 is 0. The third-order valence-corrected chi connectivity index (χ3v) is 2.89. The molecule has 3 N–H and O–H groups in total. The Balaban J connectivity index is 2.57. The molecule has 5 heteroatoms. The van der Waals surface area contributed by atoms with Crippen molar-refractivity contribution >= 4 is 6.03 Å². The van der Waals surface area contributed by atoms with Gasteiger partial charge in [0.25, 0.3) is 0 Å². The van der Waals surface area contributed by atoms with E-state index >= 15 is 0 Å². The van der Waals surface area contributed by atoms with E-state index in [1.165, 1.54) is 12.1 Å². The molecule has 0 aliphatic carbocycles. The second-order valence-corrected chi connectivity index (χ2v) is 4.80. The van der Waals surface area contributed by atoms with E-state index in [0.29, 0.717) is 6.42 Å². The van der Waals surface area contributed by atoms with Gasteiger partial charge in [0, 0.05) is 12.6 Å². The van der Waals surface area contributed by atoms with Crippen molar-refractivity contribution in [3.05, 3.63) is 35.6 Å². The number of halogens is 1. The molecule has 19 heavy (non-hydrogen) atoms. The van der Waals surface area contributed by atoms with Gasteiger partial charge in [-0.2, -0.15) is 0 Å². The zero-order valence-corrected chi connectivity index (χ0v) is 11.3. The highest BCUT2D eigenvalue weighted by Gasteiger charge is 2.16. The molecule has 0 aliphatic rings. The number of rotatable bonds is 6. The number of aliphatic hydroxyl groups excluding tert-OH is 1. The second-order valence-electron chi connectivity index (χ2n) is 4.80. The average Bonchev–Trinajstić information content (AvgIpc) is 2.38. The fourth-order valence-corrected chi connectivity index (χ4v) is 1.72. The highest BCUT2D eigenvalue weighted by atomic mass is 19.1. The molecule has 106 valence electrons. The van der Waals surface area contributed by atoms with Crippen molar-refractivity contribution in [3.8, 4) is 0 Å². The summed E-state index contributed by atoms with van der Waals surface area (Å²) < 4.78 is 12.8. The predicted molar refractivity (Wildman–Crippen MR) is 72.4 cm³/mol. The minimum Gasteiger partial charge on any atom is -0.395 e. The monoisotopic (exact) mass is 268 g/mol. The lowest BCUT2D eigenvalue weighted by molar-refractivity contribution is 0.226. The molecule has 0 spiro atoms. The summed E-state index contributed by atoms with van der Waals surface area (Å²) in [6.45, 7) is 4.17. The normalized spacial score (nSPS) is 12.3. The molecule has 1 atom stereocenters. The molecule has 0 saturated carbocycles. The summed E-state index contributed by atoms with van der Waals surface area (Å²) in [4.78, 5) is 11.6. The first kappa shape index (κ1) is 15.4. The van der Waals surface area contributed by atoms with Crippen LogP contribution in [-0.2, 0) is 6.42 Å². The number of amides is 2. The van der Waals surface area contributed by atoms with Gasteiger partial charge in [-0.15, -0.1) is 0 Å². The van der Waals surface area contributed by atoms with Crippen LogP contribution in [0.1, 0.15) is 19.4 Å². The van der Waals surface area contributed by atoms with Gasteiger partial charge in [-0.1, -0.05) is 26.0 Å². The maximum Gasteiger partial charge on any atom is 0.315 e. The summed E-state index contributed by atoms with van der Waals surface area (Å²) in [5.41, 5.74) is 0.975. The fraction of sp³-hybridized carbons (Fsp3) is 0.500. The number of aliphatic hydroxyl groups is 1. The van der Waals surface area contributed by atoms with Crippen LogP contribution in [0.5, 0.6) is 0 Å². The molecule has 0 radical (unpaired) electrons. The van der Waals surface area contributed by atoms with Crippen LogP contribution in [0.15, 0.2) is 24.3 Å². The van der Waals surface area contributed by atoms with Gasteiger partial charge >= 0.3 is 6.03 Å². The molecule has 0 heterocycles. The number of urea groups is 1. The van der Waals surface area contributed by atoms with E-state index < -0.39 is 0 Å². The van der Waals surface area contributed by atoms with Gasteiger partial charge in [-0.05, 0) is 30.0 Å². The molecule has 0 fully saturated rings. The number of carbonyl (C=O) groups excluding carboxylic acids is 1. The lowest BCUT2D eigenvalue weighted by atomic mass is 9.96. The lowest BCUT2D eigenvalue weighted by Crippen LogP contribution is -2.46. The quantitative estimate of drug-likeness (QED) is 0.735. The fourth-order valence-electron chi connectivity index (χ4n) is 1.72. The van der Waals surface area contributed by atoms with Crippen LogP contribution in [0.4, 0.5) is 9.18 Å². The van der Waals surface area contributed by atoms with Gasteiger partial charge in [0.15, 0.2) is 0 Å². The van der Waals surface area contributed by atoms with Gasteiger partial charge in [0.1, 0.15) is 5.82 Å². The van der Waals surface area contributed by atoms with Crippen LogP contribution in [0.3, 0.4) is 0 Å². The summed E-state index contributed by atoms with van der Waals surface area (Å²) in [6.07, 6.45) is 0.643.